The van der Waals surface area contributed by atoms with Crippen LogP contribution in [0.25, 0.3) is 11.0 Å². The van der Waals surface area contributed by atoms with Crippen LogP contribution in [0.15, 0.2) is 43.2 Å². The van der Waals surface area contributed by atoms with E-state index in [9.17, 15) is 4.79 Å². The summed E-state index contributed by atoms with van der Waals surface area (Å²) in [4.78, 5) is 17.3. The highest BCUT2D eigenvalue weighted by molar-refractivity contribution is 6.05. The molecule has 0 aliphatic carbocycles. The Hall–Kier alpha value is -3.35. The first-order chi connectivity index (χ1) is 13.5. The van der Waals surface area contributed by atoms with Crippen LogP contribution < -0.4 is 14.8 Å². The average Bonchev–Trinajstić information content (AvgIpc) is 3.11. The molecule has 1 aromatic carbocycles. The largest absolute Gasteiger partial charge is 0.493 e. The second-order valence-corrected chi connectivity index (χ2v) is 6.64. The van der Waals surface area contributed by atoms with E-state index in [2.05, 4.69) is 22.0 Å². The lowest BCUT2D eigenvalue weighted by atomic mass is 10.0. The zero-order valence-corrected chi connectivity index (χ0v) is 16.5. The zero-order chi connectivity index (χ0) is 20.3. The predicted octanol–water partition coefficient (Wildman–Crippen LogP) is 4.01. The monoisotopic (exact) mass is 380 g/mol. The summed E-state index contributed by atoms with van der Waals surface area (Å²) >= 11 is 0. The second-order valence-electron chi connectivity index (χ2n) is 6.64. The van der Waals surface area contributed by atoms with Gasteiger partial charge in [0.2, 0.25) is 0 Å². The number of nitrogens with one attached hydrogen (secondary N) is 1. The minimum Gasteiger partial charge on any atom is -0.493 e. The maximum atomic E-state index is 12.8. The first kappa shape index (κ1) is 19.4. The molecular formula is C21H24N4O3. The second kappa shape index (κ2) is 8.12. The number of allylic oxidation sites excluding steroid dienone is 1. The molecule has 0 unspecified atom stereocenters. The lowest BCUT2D eigenvalue weighted by Gasteiger charge is -2.14. The smallest absolute Gasteiger partial charge is 0.255 e. The van der Waals surface area contributed by atoms with E-state index in [1.807, 2.05) is 24.6 Å². The third-order valence-electron chi connectivity index (χ3n) is 4.36. The third-order valence-corrected chi connectivity index (χ3v) is 4.36. The number of anilines is 1. The summed E-state index contributed by atoms with van der Waals surface area (Å²) in [5.74, 6) is 0.839. The number of fused-ring (bicyclic) bond motifs is 1. The molecule has 0 saturated carbocycles. The summed E-state index contributed by atoms with van der Waals surface area (Å²) in [6, 6.07) is 5.50. The van der Waals surface area contributed by atoms with E-state index in [4.69, 9.17) is 9.47 Å². The number of aromatic nitrogens is 3. The molecule has 28 heavy (non-hydrogen) atoms. The quantitative estimate of drug-likeness (QED) is 0.627. The highest BCUT2D eigenvalue weighted by atomic mass is 16.5. The van der Waals surface area contributed by atoms with Crippen LogP contribution in [0.1, 0.15) is 35.8 Å². The van der Waals surface area contributed by atoms with Gasteiger partial charge in [0.1, 0.15) is 0 Å². The molecule has 0 saturated heterocycles. The van der Waals surface area contributed by atoms with Gasteiger partial charge in [-0.05, 0) is 38.5 Å². The summed E-state index contributed by atoms with van der Waals surface area (Å²) in [6.45, 7) is 7.85. The Balaban J connectivity index is 1.91. The number of carbonyl (C=O) groups is 1. The number of rotatable bonds is 7. The van der Waals surface area contributed by atoms with Gasteiger partial charge in [-0.2, -0.15) is 5.10 Å². The van der Waals surface area contributed by atoms with Crippen LogP contribution in [0.2, 0.25) is 0 Å². The highest BCUT2D eigenvalue weighted by Crippen LogP contribution is 2.33. The standard InChI is InChI=1S/C21H24N4O3/c1-6-7-14-8-15(10-18(27-4)19(14)28-5)21(26)24-17-9-16-11-23-25(13(2)3)20(16)22-12-17/h6,8-13H,1,7H2,2-5H3,(H,24,26). The van der Waals surface area contributed by atoms with Gasteiger partial charge in [0.25, 0.3) is 5.91 Å². The van der Waals surface area contributed by atoms with E-state index in [-0.39, 0.29) is 11.9 Å². The Morgan fingerprint density at radius 2 is 2.04 bits per heavy atom. The van der Waals surface area contributed by atoms with Gasteiger partial charge in [-0.1, -0.05) is 6.08 Å². The van der Waals surface area contributed by atoms with Crippen molar-refractivity contribution in [1.82, 2.24) is 14.8 Å². The van der Waals surface area contributed by atoms with Crippen molar-refractivity contribution >= 4 is 22.6 Å². The summed E-state index contributed by atoms with van der Waals surface area (Å²) in [7, 11) is 3.11. The molecule has 0 bridgehead atoms. The average molecular weight is 380 g/mol. The Kier molecular flexibility index (Phi) is 5.63. The van der Waals surface area contributed by atoms with Gasteiger partial charge in [0.05, 0.1) is 32.3 Å². The molecule has 3 rings (SSSR count). The number of nitrogens with zero attached hydrogens (tertiary/aromatic N) is 3. The Morgan fingerprint density at radius 1 is 1.25 bits per heavy atom. The van der Waals surface area contributed by atoms with Crippen molar-refractivity contribution in [2.45, 2.75) is 26.3 Å². The first-order valence-electron chi connectivity index (χ1n) is 8.98. The number of methoxy groups -OCH3 is 2. The number of hydrogen-bond acceptors (Lipinski definition) is 5. The molecule has 7 nitrogen and oxygen atoms in total. The van der Waals surface area contributed by atoms with Crippen LogP contribution in [0.3, 0.4) is 0 Å². The maximum absolute atomic E-state index is 12.8. The van der Waals surface area contributed by atoms with E-state index in [1.54, 1.807) is 44.8 Å². The predicted molar refractivity (Wildman–Crippen MR) is 109 cm³/mol. The van der Waals surface area contributed by atoms with Crippen molar-refractivity contribution in [3.8, 4) is 11.5 Å². The number of benzene rings is 1. The summed E-state index contributed by atoms with van der Waals surface area (Å²) in [6.07, 6.45) is 5.69. The molecule has 0 aliphatic rings. The fourth-order valence-corrected chi connectivity index (χ4v) is 3.07. The van der Waals surface area contributed by atoms with Gasteiger partial charge >= 0.3 is 0 Å². The van der Waals surface area contributed by atoms with E-state index < -0.39 is 0 Å². The molecule has 2 aromatic heterocycles. The number of pyridine rings is 1. The van der Waals surface area contributed by atoms with Crippen molar-refractivity contribution in [3.05, 3.63) is 54.4 Å². The molecule has 0 radical (unpaired) electrons. The van der Waals surface area contributed by atoms with Gasteiger partial charge in [0, 0.05) is 22.6 Å². The molecule has 0 fully saturated rings. The molecule has 1 amide bonds. The van der Waals surface area contributed by atoms with Gasteiger partial charge in [0.15, 0.2) is 17.1 Å². The van der Waals surface area contributed by atoms with E-state index >= 15 is 0 Å². The molecule has 7 heteroatoms. The minimum absolute atomic E-state index is 0.209. The lowest BCUT2D eigenvalue weighted by molar-refractivity contribution is 0.102. The van der Waals surface area contributed by atoms with Crippen LogP contribution in [0, 0.1) is 0 Å². The molecule has 0 spiro atoms. The highest BCUT2D eigenvalue weighted by Gasteiger charge is 2.16. The van der Waals surface area contributed by atoms with Crippen LogP contribution in [-0.4, -0.2) is 34.9 Å². The van der Waals surface area contributed by atoms with E-state index in [0.29, 0.717) is 29.2 Å². The van der Waals surface area contributed by atoms with E-state index in [1.165, 1.54) is 0 Å². The van der Waals surface area contributed by atoms with Crippen LogP contribution in [0.4, 0.5) is 5.69 Å². The van der Waals surface area contributed by atoms with Crippen molar-refractivity contribution in [2.24, 2.45) is 0 Å². The Labute approximate surface area is 164 Å². The Morgan fingerprint density at radius 3 is 2.68 bits per heavy atom. The topological polar surface area (TPSA) is 78.3 Å². The van der Waals surface area contributed by atoms with Crippen LogP contribution in [-0.2, 0) is 6.42 Å². The van der Waals surface area contributed by atoms with E-state index in [0.717, 1.165) is 16.6 Å². The summed E-state index contributed by atoms with van der Waals surface area (Å²) < 4.78 is 12.6. The lowest BCUT2D eigenvalue weighted by Crippen LogP contribution is -2.13. The number of hydrogen-bond donors (Lipinski definition) is 1. The van der Waals surface area contributed by atoms with Crippen molar-refractivity contribution in [3.63, 3.8) is 0 Å². The molecule has 0 atom stereocenters. The molecule has 146 valence electrons. The first-order valence-corrected chi connectivity index (χ1v) is 8.98. The molecule has 0 aliphatic heterocycles. The molecule has 1 N–H and O–H groups in total. The van der Waals surface area contributed by atoms with Crippen molar-refractivity contribution < 1.29 is 14.3 Å². The minimum atomic E-state index is -0.260. The third kappa shape index (κ3) is 3.69. The van der Waals surface area contributed by atoms with Crippen LogP contribution in [0.5, 0.6) is 11.5 Å². The van der Waals surface area contributed by atoms with Crippen LogP contribution >= 0.6 is 0 Å². The molecular weight excluding hydrogens is 356 g/mol. The van der Waals surface area contributed by atoms with Gasteiger partial charge in [-0.25, -0.2) is 9.67 Å². The normalized spacial score (nSPS) is 10.9. The Bertz CT molecular complexity index is 1020. The number of ether oxygens (including phenoxy) is 2. The maximum Gasteiger partial charge on any atom is 0.255 e. The van der Waals surface area contributed by atoms with Gasteiger partial charge in [-0.15, -0.1) is 6.58 Å². The number of amides is 1. The SMILES string of the molecule is C=CCc1cc(C(=O)Nc2cnc3c(cnn3C(C)C)c2)cc(OC)c1OC. The fourth-order valence-electron chi connectivity index (χ4n) is 3.07. The van der Waals surface area contributed by atoms with Gasteiger partial charge in [-0.3, -0.25) is 4.79 Å². The molecule has 3 aromatic rings. The molecule has 2 heterocycles. The van der Waals surface area contributed by atoms with Gasteiger partial charge < -0.3 is 14.8 Å². The fraction of sp³-hybridized carbons (Fsp3) is 0.286. The number of carbonyl (C=O) groups excluding carboxylic acids is 1. The summed E-state index contributed by atoms with van der Waals surface area (Å²) in [5, 5.41) is 8.10. The van der Waals surface area contributed by atoms with Crippen molar-refractivity contribution in [1.29, 1.82) is 0 Å². The zero-order valence-electron chi connectivity index (χ0n) is 16.5. The van der Waals surface area contributed by atoms with Crippen molar-refractivity contribution in [2.75, 3.05) is 19.5 Å². The summed E-state index contributed by atoms with van der Waals surface area (Å²) in [5.41, 5.74) is 2.68.